The molecule has 0 heterocycles. The second kappa shape index (κ2) is 8.32. The summed E-state index contributed by atoms with van der Waals surface area (Å²) in [7, 11) is 0. The molecule has 0 fully saturated rings. The molecule has 0 saturated carbocycles. The summed E-state index contributed by atoms with van der Waals surface area (Å²) in [4.78, 5) is 14.2. The van der Waals surface area contributed by atoms with E-state index >= 15 is 0 Å². The number of amides is 2. The molecule has 0 aliphatic heterocycles. The number of nitrogens with one attached hydrogen (secondary N) is 1. The standard InChI is InChI=1S/C19H23FN2O/c1-15(2)22(14-17-6-4-3-5-7-17)19(23)21-13-12-16-8-10-18(20)11-9-16/h3-11,15H,12-14H2,1-2H3,(H,21,23). The Morgan fingerprint density at radius 2 is 1.70 bits per heavy atom. The van der Waals surface area contributed by atoms with Crippen molar-refractivity contribution in [1.82, 2.24) is 10.2 Å². The summed E-state index contributed by atoms with van der Waals surface area (Å²) in [6.07, 6.45) is 0.684. The van der Waals surface area contributed by atoms with Gasteiger partial charge in [0.2, 0.25) is 0 Å². The highest BCUT2D eigenvalue weighted by Crippen LogP contribution is 2.09. The monoisotopic (exact) mass is 314 g/mol. The van der Waals surface area contributed by atoms with Crippen LogP contribution in [-0.4, -0.2) is 23.5 Å². The van der Waals surface area contributed by atoms with Gasteiger partial charge in [0.15, 0.2) is 0 Å². The minimum atomic E-state index is -0.244. The number of halogens is 1. The van der Waals surface area contributed by atoms with Gasteiger partial charge >= 0.3 is 6.03 Å². The van der Waals surface area contributed by atoms with E-state index in [2.05, 4.69) is 5.32 Å². The first-order valence-corrected chi connectivity index (χ1v) is 7.89. The Balaban J connectivity index is 1.87. The number of hydrogen-bond donors (Lipinski definition) is 1. The zero-order chi connectivity index (χ0) is 16.7. The van der Waals surface area contributed by atoms with Gasteiger partial charge in [0.1, 0.15) is 5.82 Å². The van der Waals surface area contributed by atoms with Crippen molar-refractivity contribution in [2.75, 3.05) is 6.54 Å². The van der Waals surface area contributed by atoms with E-state index in [1.54, 1.807) is 17.0 Å². The first-order valence-electron chi connectivity index (χ1n) is 7.89. The molecule has 0 atom stereocenters. The van der Waals surface area contributed by atoms with E-state index in [9.17, 15) is 9.18 Å². The Bertz CT molecular complexity index is 611. The Kier molecular flexibility index (Phi) is 6.15. The molecule has 0 radical (unpaired) electrons. The van der Waals surface area contributed by atoms with E-state index < -0.39 is 0 Å². The van der Waals surface area contributed by atoms with E-state index in [-0.39, 0.29) is 17.9 Å². The SMILES string of the molecule is CC(C)N(Cc1ccccc1)C(=O)NCCc1ccc(F)cc1. The van der Waals surface area contributed by atoms with Crippen molar-refractivity contribution in [3.8, 4) is 0 Å². The van der Waals surface area contributed by atoms with Crippen LogP contribution in [0.15, 0.2) is 54.6 Å². The van der Waals surface area contributed by atoms with E-state index in [1.807, 2.05) is 44.2 Å². The molecule has 0 aromatic heterocycles. The zero-order valence-electron chi connectivity index (χ0n) is 13.6. The van der Waals surface area contributed by atoms with E-state index in [1.165, 1.54) is 12.1 Å². The summed E-state index contributed by atoms with van der Waals surface area (Å²) in [5, 5.41) is 2.94. The summed E-state index contributed by atoms with van der Waals surface area (Å²) in [6, 6.07) is 16.3. The van der Waals surface area contributed by atoms with Crippen LogP contribution in [0.25, 0.3) is 0 Å². The van der Waals surface area contributed by atoms with Crippen molar-refractivity contribution in [1.29, 1.82) is 0 Å². The minimum Gasteiger partial charge on any atom is -0.338 e. The predicted molar refractivity (Wildman–Crippen MR) is 90.6 cm³/mol. The third kappa shape index (κ3) is 5.40. The molecule has 2 aromatic carbocycles. The molecule has 0 aliphatic carbocycles. The van der Waals surface area contributed by atoms with Gasteiger partial charge in [0.25, 0.3) is 0 Å². The van der Waals surface area contributed by atoms with Crippen molar-refractivity contribution in [3.63, 3.8) is 0 Å². The molecule has 0 spiro atoms. The number of carbonyl (C=O) groups excluding carboxylic acids is 1. The fourth-order valence-electron chi connectivity index (χ4n) is 2.34. The van der Waals surface area contributed by atoms with Crippen molar-refractivity contribution >= 4 is 6.03 Å². The van der Waals surface area contributed by atoms with Crippen molar-refractivity contribution in [2.45, 2.75) is 32.9 Å². The molecule has 2 rings (SSSR count). The quantitative estimate of drug-likeness (QED) is 0.859. The summed E-state index contributed by atoms with van der Waals surface area (Å²) in [5.74, 6) is -0.244. The highest BCUT2D eigenvalue weighted by atomic mass is 19.1. The highest BCUT2D eigenvalue weighted by Gasteiger charge is 2.16. The third-order valence-corrected chi connectivity index (χ3v) is 3.68. The van der Waals surface area contributed by atoms with Crippen LogP contribution in [0.5, 0.6) is 0 Å². The van der Waals surface area contributed by atoms with Crippen LogP contribution in [-0.2, 0) is 13.0 Å². The van der Waals surface area contributed by atoms with Gasteiger partial charge in [-0.2, -0.15) is 0 Å². The lowest BCUT2D eigenvalue weighted by Gasteiger charge is -2.27. The van der Waals surface area contributed by atoms with Gasteiger partial charge in [-0.05, 0) is 43.5 Å². The smallest absolute Gasteiger partial charge is 0.317 e. The zero-order valence-corrected chi connectivity index (χ0v) is 13.6. The molecular formula is C19H23FN2O. The molecule has 3 nitrogen and oxygen atoms in total. The second-order valence-corrected chi connectivity index (χ2v) is 5.82. The van der Waals surface area contributed by atoms with Gasteiger partial charge < -0.3 is 10.2 Å². The Morgan fingerprint density at radius 3 is 2.30 bits per heavy atom. The molecule has 0 bridgehead atoms. The second-order valence-electron chi connectivity index (χ2n) is 5.82. The van der Waals surface area contributed by atoms with Crippen LogP contribution in [0.2, 0.25) is 0 Å². The number of carbonyl (C=O) groups is 1. The lowest BCUT2D eigenvalue weighted by molar-refractivity contribution is 0.180. The Hall–Kier alpha value is -2.36. The predicted octanol–water partition coefficient (Wildman–Crippen LogP) is 3.99. The normalized spacial score (nSPS) is 10.6. The first kappa shape index (κ1) is 17.0. The number of urea groups is 1. The molecule has 122 valence electrons. The lowest BCUT2D eigenvalue weighted by atomic mass is 10.1. The lowest BCUT2D eigenvalue weighted by Crippen LogP contribution is -2.44. The van der Waals surface area contributed by atoms with Gasteiger partial charge in [0, 0.05) is 19.1 Å². The molecule has 0 unspecified atom stereocenters. The molecule has 1 N–H and O–H groups in total. The Morgan fingerprint density at radius 1 is 1.04 bits per heavy atom. The summed E-state index contributed by atoms with van der Waals surface area (Å²) in [6.45, 7) is 5.12. The Labute approximate surface area is 137 Å². The average molecular weight is 314 g/mol. The first-order chi connectivity index (χ1) is 11.1. The maximum atomic E-state index is 12.9. The number of rotatable bonds is 6. The number of nitrogens with zero attached hydrogens (tertiary/aromatic N) is 1. The molecule has 2 aromatic rings. The third-order valence-electron chi connectivity index (χ3n) is 3.68. The van der Waals surface area contributed by atoms with Crippen LogP contribution >= 0.6 is 0 Å². The minimum absolute atomic E-state index is 0.0778. The van der Waals surface area contributed by atoms with Crippen molar-refractivity contribution < 1.29 is 9.18 Å². The largest absolute Gasteiger partial charge is 0.338 e. The summed E-state index contributed by atoms with van der Waals surface area (Å²) >= 11 is 0. The summed E-state index contributed by atoms with van der Waals surface area (Å²) in [5.41, 5.74) is 2.11. The number of benzene rings is 2. The number of hydrogen-bond acceptors (Lipinski definition) is 1. The topological polar surface area (TPSA) is 32.3 Å². The van der Waals surface area contributed by atoms with Gasteiger partial charge in [-0.25, -0.2) is 9.18 Å². The highest BCUT2D eigenvalue weighted by molar-refractivity contribution is 5.74. The van der Waals surface area contributed by atoms with E-state index in [4.69, 9.17) is 0 Å². The van der Waals surface area contributed by atoms with Crippen LogP contribution < -0.4 is 5.32 Å². The average Bonchev–Trinajstić information content (AvgIpc) is 2.55. The fraction of sp³-hybridized carbons (Fsp3) is 0.316. The van der Waals surface area contributed by atoms with E-state index in [0.29, 0.717) is 19.5 Å². The fourth-order valence-corrected chi connectivity index (χ4v) is 2.34. The molecule has 4 heteroatoms. The molecule has 0 aliphatic rings. The molecular weight excluding hydrogens is 291 g/mol. The van der Waals surface area contributed by atoms with Crippen LogP contribution in [0, 0.1) is 5.82 Å². The van der Waals surface area contributed by atoms with E-state index in [0.717, 1.165) is 11.1 Å². The van der Waals surface area contributed by atoms with Gasteiger partial charge in [-0.1, -0.05) is 42.5 Å². The van der Waals surface area contributed by atoms with Crippen LogP contribution in [0.1, 0.15) is 25.0 Å². The van der Waals surface area contributed by atoms with Gasteiger partial charge in [-0.3, -0.25) is 0 Å². The maximum absolute atomic E-state index is 12.9. The molecule has 2 amide bonds. The molecule has 0 saturated heterocycles. The van der Waals surface area contributed by atoms with Crippen molar-refractivity contribution in [3.05, 3.63) is 71.5 Å². The summed E-state index contributed by atoms with van der Waals surface area (Å²) < 4.78 is 12.9. The van der Waals surface area contributed by atoms with Gasteiger partial charge in [0.05, 0.1) is 0 Å². The van der Waals surface area contributed by atoms with Crippen LogP contribution in [0.4, 0.5) is 9.18 Å². The maximum Gasteiger partial charge on any atom is 0.317 e. The molecule has 23 heavy (non-hydrogen) atoms. The van der Waals surface area contributed by atoms with Crippen LogP contribution in [0.3, 0.4) is 0 Å². The van der Waals surface area contributed by atoms with Crippen molar-refractivity contribution in [2.24, 2.45) is 0 Å². The van der Waals surface area contributed by atoms with Gasteiger partial charge in [-0.15, -0.1) is 0 Å².